The third kappa shape index (κ3) is 2.90. The van der Waals surface area contributed by atoms with Crippen molar-refractivity contribution in [3.8, 4) is 0 Å². The third-order valence-corrected chi connectivity index (χ3v) is 6.44. The van der Waals surface area contributed by atoms with Crippen LogP contribution in [0.2, 0.25) is 0 Å². The number of fused-ring (bicyclic) bond motifs is 1. The number of anilines is 1. The lowest BCUT2D eigenvalue weighted by Gasteiger charge is -2.38. The van der Waals surface area contributed by atoms with Crippen LogP contribution in [0.1, 0.15) is 24.8 Å². The number of aromatic nitrogens is 2. The van der Waals surface area contributed by atoms with Gasteiger partial charge >= 0.3 is 6.03 Å². The standard InChI is InChI=1S/C17H21N5O3S/c1-2-11-20-21-17(26-11)19-16(25)18-7-8-22-14(23)12-9-3-4-10(6-5-9)13(12)15(22)24/h3-4,9-10,12-13H,2,5-8H2,1H3,(H2,18,19,21,25)/t9-,10-,12-,13-/m0/s1. The van der Waals surface area contributed by atoms with Crippen LogP contribution in [0.4, 0.5) is 9.93 Å². The summed E-state index contributed by atoms with van der Waals surface area (Å²) in [6.45, 7) is 2.38. The van der Waals surface area contributed by atoms with Gasteiger partial charge in [-0.05, 0) is 31.1 Å². The Labute approximate surface area is 155 Å². The molecule has 26 heavy (non-hydrogen) atoms. The molecule has 2 bridgehead atoms. The zero-order valence-corrected chi connectivity index (χ0v) is 15.3. The van der Waals surface area contributed by atoms with Crippen molar-refractivity contribution < 1.29 is 14.4 Å². The zero-order valence-electron chi connectivity index (χ0n) is 14.5. The summed E-state index contributed by atoms with van der Waals surface area (Å²) < 4.78 is 0. The van der Waals surface area contributed by atoms with Gasteiger partial charge in [-0.3, -0.25) is 19.8 Å². The van der Waals surface area contributed by atoms with E-state index < -0.39 is 6.03 Å². The Hall–Kier alpha value is -2.29. The Morgan fingerprint density at radius 2 is 1.85 bits per heavy atom. The van der Waals surface area contributed by atoms with Crippen molar-refractivity contribution in [3.05, 3.63) is 17.2 Å². The predicted octanol–water partition coefficient (Wildman–Crippen LogP) is 1.42. The summed E-state index contributed by atoms with van der Waals surface area (Å²) >= 11 is 1.32. The largest absolute Gasteiger partial charge is 0.336 e. The molecule has 0 unspecified atom stereocenters. The van der Waals surface area contributed by atoms with E-state index >= 15 is 0 Å². The molecule has 1 saturated carbocycles. The van der Waals surface area contributed by atoms with Crippen molar-refractivity contribution in [2.24, 2.45) is 23.7 Å². The van der Waals surface area contributed by atoms with Gasteiger partial charge in [0.1, 0.15) is 5.01 Å². The summed E-state index contributed by atoms with van der Waals surface area (Å²) in [4.78, 5) is 38.6. The quantitative estimate of drug-likeness (QED) is 0.598. The lowest BCUT2D eigenvalue weighted by molar-refractivity contribution is -0.140. The lowest BCUT2D eigenvalue weighted by Crippen LogP contribution is -2.40. The number of carbonyl (C=O) groups is 3. The second-order valence-corrected chi connectivity index (χ2v) is 7.97. The van der Waals surface area contributed by atoms with Gasteiger partial charge in [-0.2, -0.15) is 0 Å². The molecule has 4 amide bonds. The molecule has 1 saturated heterocycles. The van der Waals surface area contributed by atoms with Crippen LogP contribution in [0.25, 0.3) is 0 Å². The number of hydrogen-bond donors (Lipinski definition) is 2. The zero-order chi connectivity index (χ0) is 18.3. The topological polar surface area (TPSA) is 104 Å². The molecule has 4 aliphatic rings. The Kier molecular flexibility index (Phi) is 4.47. The molecule has 8 nitrogen and oxygen atoms in total. The highest BCUT2D eigenvalue weighted by Crippen LogP contribution is 2.49. The van der Waals surface area contributed by atoms with Gasteiger partial charge in [0.15, 0.2) is 0 Å². The number of hydrogen-bond acceptors (Lipinski definition) is 6. The normalized spacial score (nSPS) is 29.2. The SMILES string of the molecule is CCc1nnc(NC(=O)NCCN2C(=O)[C@@H]3[C@@H](C2=O)[C@H]2C=C[C@H]3CC2)s1. The summed E-state index contributed by atoms with van der Waals surface area (Å²) in [5, 5.41) is 14.4. The van der Waals surface area contributed by atoms with E-state index in [9.17, 15) is 14.4 Å². The molecule has 0 aromatic carbocycles. The minimum Gasteiger partial charge on any atom is -0.336 e. The predicted molar refractivity (Wildman–Crippen MR) is 95.4 cm³/mol. The van der Waals surface area contributed by atoms with E-state index in [1.54, 1.807) is 0 Å². The molecule has 1 aromatic heterocycles. The molecule has 4 atom stereocenters. The first-order chi connectivity index (χ1) is 12.6. The van der Waals surface area contributed by atoms with Crippen molar-refractivity contribution >= 4 is 34.3 Å². The molecular formula is C17H21N5O3S. The molecule has 138 valence electrons. The number of nitrogens with one attached hydrogen (secondary N) is 2. The van der Waals surface area contributed by atoms with Gasteiger partial charge in [0.25, 0.3) is 0 Å². The maximum absolute atomic E-state index is 12.7. The highest BCUT2D eigenvalue weighted by molar-refractivity contribution is 7.15. The minimum absolute atomic E-state index is 0.0852. The smallest absolute Gasteiger partial charge is 0.321 e. The van der Waals surface area contributed by atoms with Gasteiger partial charge in [-0.15, -0.1) is 10.2 Å². The molecule has 0 spiro atoms. The maximum Gasteiger partial charge on any atom is 0.321 e. The van der Waals surface area contributed by atoms with E-state index in [0.29, 0.717) is 5.13 Å². The van der Waals surface area contributed by atoms with Gasteiger partial charge in [0.2, 0.25) is 16.9 Å². The van der Waals surface area contributed by atoms with Gasteiger partial charge in [-0.1, -0.05) is 30.4 Å². The summed E-state index contributed by atoms with van der Waals surface area (Å²) in [5.74, 6) is -0.195. The van der Waals surface area contributed by atoms with Crippen LogP contribution in [0.5, 0.6) is 0 Å². The number of aryl methyl sites for hydroxylation is 1. The van der Waals surface area contributed by atoms with Crippen molar-refractivity contribution in [3.63, 3.8) is 0 Å². The molecule has 5 rings (SSSR count). The van der Waals surface area contributed by atoms with E-state index in [2.05, 4.69) is 33.0 Å². The summed E-state index contributed by atoms with van der Waals surface area (Å²) in [6, 6.07) is -0.415. The summed E-state index contributed by atoms with van der Waals surface area (Å²) in [7, 11) is 0. The van der Waals surface area contributed by atoms with E-state index in [0.717, 1.165) is 24.3 Å². The summed E-state index contributed by atoms with van der Waals surface area (Å²) in [5.41, 5.74) is 0. The van der Waals surface area contributed by atoms with Crippen molar-refractivity contribution in [1.29, 1.82) is 0 Å². The van der Waals surface area contributed by atoms with Crippen LogP contribution in [0.15, 0.2) is 12.2 Å². The van der Waals surface area contributed by atoms with Crippen molar-refractivity contribution in [1.82, 2.24) is 20.4 Å². The molecule has 2 fully saturated rings. The Morgan fingerprint density at radius 3 is 2.38 bits per heavy atom. The average molecular weight is 375 g/mol. The molecule has 1 aliphatic heterocycles. The molecule has 2 N–H and O–H groups in total. The fraction of sp³-hybridized carbons (Fsp3) is 0.588. The van der Waals surface area contributed by atoms with Crippen molar-refractivity contribution in [2.45, 2.75) is 26.2 Å². The first-order valence-corrected chi connectivity index (χ1v) is 9.81. The fourth-order valence-corrected chi connectivity index (χ4v) is 4.90. The first kappa shape index (κ1) is 17.1. The van der Waals surface area contributed by atoms with E-state index in [-0.39, 0.29) is 48.6 Å². The van der Waals surface area contributed by atoms with E-state index in [4.69, 9.17) is 0 Å². The van der Waals surface area contributed by atoms with Crippen LogP contribution < -0.4 is 10.6 Å². The number of allylic oxidation sites excluding steroid dienone is 2. The van der Waals surface area contributed by atoms with E-state index in [1.165, 1.54) is 16.2 Å². The average Bonchev–Trinajstić information content (AvgIpc) is 3.21. The van der Waals surface area contributed by atoms with Gasteiger partial charge < -0.3 is 5.32 Å². The molecule has 3 aliphatic carbocycles. The first-order valence-electron chi connectivity index (χ1n) is 8.99. The van der Waals surface area contributed by atoms with E-state index in [1.807, 2.05) is 6.92 Å². The highest BCUT2D eigenvalue weighted by Gasteiger charge is 2.56. The summed E-state index contributed by atoms with van der Waals surface area (Å²) in [6.07, 6.45) is 6.93. The number of rotatable bonds is 5. The second kappa shape index (κ2) is 6.79. The molecular weight excluding hydrogens is 354 g/mol. The number of amides is 4. The Morgan fingerprint density at radius 1 is 1.19 bits per heavy atom. The monoisotopic (exact) mass is 375 g/mol. The minimum atomic E-state index is -0.415. The number of urea groups is 1. The van der Waals surface area contributed by atoms with Crippen LogP contribution in [0, 0.1) is 23.7 Å². The number of carbonyl (C=O) groups excluding carboxylic acids is 3. The lowest BCUT2D eigenvalue weighted by atomic mass is 9.63. The number of imide groups is 1. The van der Waals surface area contributed by atoms with Crippen LogP contribution in [-0.2, 0) is 16.0 Å². The number of likely N-dealkylation sites (tertiary alicyclic amines) is 1. The Balaban J connectivity index is 1.30. The van der Waals surface area contributed by atoms with Crippen LogP contribution in [-0.4, -0.2) is 46.0 Å². The molecule has 0 radical (unpaired) electrons. The van der Waals surface area contributed by atoms with Crippen LogP contribution >= 0.6 is 11.3 Å². The maximum atomic E-state index is 12.7. The fourth-order valence-electron chi connectivity index (χ4n) is 4.23. The van der Waals surface area contributed by atoms with Gasteiger partial charge in [0.05, 0.1) is 11.8 Å². The highest BCUT2D eigenvalue weighted by atomic mass is 32.1. The van der Waals surface area contributed by atoms with Gasteiger partial charge in [-0.25, -0.2) is 4.79 Å². The molecule has 9 heteroatoms. The molecule has 2 heterocycles. The molecule has 1 aromatic rings. The second-order valence-electron chi connectivity index (χ2n) is 6.91. The third-order valence-electron chi connectivity index (χ3n) is 5.46. The Bertz CT molecular complexity index is 744. The van der Waals surface area contributed by atoms with Crippen molar-refractivity contribution in [2.75, 3.05) is 18.4 Å². The number of nitrogens with zero attached hydrogens (tertiary/aromatic N) is 3. The van der Waals surface area contributed by atoms with Gasteiger partial charge in [0, 0.05) is 13.1 Å². The van der Waals surface area contributed by atoms with Crippen LogP contribution in [0.3, 0.4) is 0 Å².